The number of benzene rings is 1. The summed E-state index contributed by atoms with van der Waals surface area (Å²) in [6.07, 6.45) is 6.10. The Morgan fingerprint density at radius 2 is 2.05 bits per heavy atom. The monoisotopic (exact) mass is 254 g/mol. The van der Waals surface area contributed by atoms with Gasteiger partial charge in [-0.25, -0.2) is 0 Å². The molecule has 1 aromatic carbocycles. The highest BCUT2D eigenvalue weighted by atomic mass is 16.5. The van der Waals surface area contributed by atoms with Gasteiger partial charge in [0.1, 0.15) is 12.4 Å². The molecule has 1 N–H and O–H groups in total. The fourth-order valence-corrected chi connectivity index (χ4v) is 2.38. The van der Waals surface area contributed by atoms with Crippen LogP contribution in [0.5, 0.6) is 5.75 Å². The zero-order valence-corrected chi connectivity index (χ0v) is 10.9. The lowest BCUT2D eigenvalue weighted by Gasteiger charge is -2.12. The van der Waals surface area contributed by atoms with Gasteiger partial charge in [-0.3, -0.25) is 4.98 Å². The topological polar surface area (TPSA) is 34.1 Å². The number of nitrogens with zero attached hydrogens (tertiary/aromatic N) is 1. The summed E-state index contributed by atoms with van der Waals surface area (Å²) in [4.78, 5) is 4.26. The Balaban J connectivity index is 1.69. The van der Waals surface area contributed by atoms with Crippen LogP contribution in [-0.2, 0) is 0 Å². The highest BCUT2D eigenvalue weighted by Crippen LogP contribution is 2.22. The van der Waals surface area contributed by atoms with Crippen LogP contribution in [0.15, 0.2) is 48.8 Å². The quantitative estimate of drug-likeness (QED) is 0.911. The van der Waals surface area contributed by atoms with Gasteiger partial charge in [0.25, 0.3) is 0 Å². The molecule has 3 rings (SSSR count). The molecule has 2 aromatic rings. The lowest BCUT2D eigenvalue weighted by molar-refractivity contribution is 0.276. The van der Waals surface area contributed by atoms with Gasteiger partial charge in [0.05, 0.1) is 6.20 Å². The maximum absolute atomic E-state index is 5.83. The van der Waals surface area contributed by atoms with Crippen molar-refractivity contribution in [2.75, 3.05) is 13.2 Å². The van der Waals surface area contributed by atoms with Crippen molar-refractivity contribution in [2.45, 2.75) is 18.9 Å². The second-order valence-corrected chi connectivity index (χ2v) is 4.88. The normalized spacial score (nSPS) is 18.4. The second-order valence-electron chi connectivity index (χ2n) is 4.88. The maximum Gasteiger partial charge on any atom is 0.138 e. The zero-order chi connectivity index (χ0) is 12.9. The van der Waals surface area contributed by atoms with Crippen LogP contribution in [0.2, 0.25) is 0 Å². The van der Waals surface area contributed by atoms with Gasteiger partial charge < -0.3 is 10.1 Å². The van der Waals surface area contributed by atoms with E-state index in [0.717, 1.165) is 24.5 Å². The predicted octanol–water partition coefficient (Wildman–Crippen LogP) is 2.88. The Bertz CT molecular complexity index is 521. The van der Waals surface area contributed by atoms with Crippen LogP contribution in [0.4, 0.5) is 0 Å². The first kappa shape index (κ1) is 12.2. The van der Waals surface area contributed by atoms with Gasteiger partial charge in [-0.05, 0) is 31.0 Å². The zero-order valence-electron chi connectivity index (χ0n) is 10.9. The SMILES string of the molecule is c1ccc(-c2cncc(OC[C@H]3CCCN3)c2)cc1. The summed E-state index contributed by atoms with van der Waals surface area (Å²) in [6, 6.07) is 12.8. The van der Waals surface area contributed by atoms with Crippen LogP contribution in [0.1, 0.15) is 12.8 Å². The molecule has 0 bridgehead atoms. The molecule has 0 radical (unpaired) electrons. The molecule has 2 heterocycles. The molecule has 1 fully saturated rings. The smallest absolute Gasteiger partial charge is 0.138 e. The average molecular weight is 254 g/mol. The van der Waals surface area contributed by atoms with Crippen molar-refractivity contribution in [1.82, 2.24) is 10.3 Å². The first-order valence-corrected chi connectivity index (χ1v) is 6.78. The van der Waals surface area contributed by atoms with Crippen molar-refractivity contribution in [3.63, 3.8) is 0 Å². The number of ether oxygens (including phenoxy) is 1. The van der Waals surface area contributed by atoms with E-state index in [0.29, 0.717) is 6.04 Å². The van der Waals surface area contributed by atoms with E-state index < -0.39 is 0 Å². The number of rotatable bonds is 4. The van der Waals surface area contributed by atoms with Crippen molar-refractivity contribution < 1.29 is 4.74 Å². The van der Waals surface area contributed by atoms with Gasteiger partial charge in [0.15, 0.2) is 0 Å². The molecule has 3 nitrogen and oxygen atoms in total. The number of hydrogen-bond acceptors (Lipinski definition) is 3. The minimum absolute atomic E-state index is 0.486. The number of aromatic nitrogens is 1. The van der Waals surface area contributed by atoms with E-state index in [2.05, 4.69) is 28.5 Å². The summed E-state index contributed by atoms with van der Waals surface area (Å²) in [5.74, 6) is 0.843. The molecule has 0 spiro atoms. The van der Waals surface area contributed by atoms with E-state index in [4.69, 9.17) is 4.74 Å². The van der Waals surface area contributed by atoms with Crippen LogP contribution in [0.25, 0.3) is 11.1 Å². The van der Waals surface area contributed by atoms with Crippen molar-refractivity contribution in [3.05, 3.63) is 48.8 Å². The van der Waals surface area contributed by atoms with Crippen LogP contribution in [0, 0.1) is 0 Å². The van der Waals surface area contributed by atoms with Crippen molar-refractivity contribution >= 4 is 0 Å². The number of hydrogen-bond donors (Lipinski definition) is 1. The van der Waals surface area contributed by atoms with Crippen molar-refractivity contribution in [2.24, 2.45) is 0 Å². The third-order valence-corrected chi connectivity index (χ3v) is 3.43. The van der Waals surface area contributed by atoms with Gasteiger partial charge in [-0.2, -0.15) is 0 Å². The molecule has 1 aromatic heterocycles. The molecule has 0 saturated carbocycles. The fourth-order valence-electron chi connectivity index (χ4n) is 2.38. The molecule has 1 saturated heterocycles. The van der Waals surface area contributed by atoms with Crippen LogP contribution < -0.4 is 10.1 Å². The summed E-state index contributed by atoms with van der Waals surface area (Å²) in [5, 5.41) is 3.43. The molecule has 1 aliphatic rings. The average Bonchev–Trinajstić information content (AvgIpc) is 3.00. The van der Waals surface area contributed by atoms with E-state index in [-0.39, 0.29) is 0 Å². The highest BCUT2D eigenvalue weighted by Gasteiger charge is 2.14. The van der Waals surface area contributed by atoms with Crippen LogP contribution >= 0.6 is 0 Å². The molecule has 0 unspecified atom stereocenters. The summed E-state index contributed by atoms with van der Waals surface area (Å²) >= 11 is 0. The van der Waals surface area contributed by atoms with Gasteiger partial charge in [0.2, 0.25) is 0 Å². The Morgan fingerprint density at radius 3 is 2.84 bits per heavy atom. The molecule has 19 heavy (non-hydrogen) atoms. The molecule has 98 valence electrons. The van der Waals surface area contributed by atoms with E-state index in [1.54, 1.807) is 6.20 Å². The maximum atomic E-state index is 5.83. The lowest BCUT2D eigenvalue weighted by atomic mass is 10.1. The Hall–Kier alpha value is -1.87. The molecular formula is C16H18N2O. The van der Waals surface area contributed by atoms with Crippen LogP contribution in [0.3, 0.4) is 0 Å². The molecule has 0 amide bonds. The van der Waals surface area contributed by atoms with Crippen molar-refractivity contribution in [1.29, 1.82) is 0 Å². The lowest BCUT2D eigenvalue weighted by Crippen LogP contribution is -2.28. The third kappa shape index (κ3) is 3.12. The Labute approximate surface area is 113 Å². The van der Waals surface area contributed by atoms with Gasteiger partial charge in [-0.15, -0.1) is 0 Å². The number of nitrogens with one attached hydrogen (secondary N) is 1. The first-order valence-electron chi connectivity index (χ1n) is 6.78. The fraction of sp³-hybridized carbons (Fsp3) is 0.312. The second kappa shape index (κ2) is 5.85. The van der Waals surface area contributed by atoms with Gasteiger partial charge in [0, 0.05) is 17.8 Å². The van der Waals surface area contributed by atoms with E-state index >= 15 is 0 Å². The Kier molecular flexibility index (Phi) is 3.75. The van der Waals surface area contributed by atoms with Crippen molar-refractivity contribution in [3.8, 4) is 16.9 Å². The summed E-state index contributed by atoms with van der Waals surface area (Å²) < 4.78 is 5.83. The van der Waals surface area contributed by atoms with E-state index in [1.807, 2.05) is 24.4 Å². The molecule has 1 atom stereocenters. The summed E-state index contributed by atoms with van der Waals surface area (Å²) in [6.45, 7) is 1.83. The predicted molar refractivity (Wildman–Crippen MR) is 76.2 cm³/mol. The first-order chi connectivity index (χ1) is 9.42. The molecule has 0 aliphatic carbocycles. The molecular weight excluding hydrogens is 236 g/mol. The van der Waals surface area contributed by atoms with Gasteiger partial charge in [-0.1, -0.05) is 30.3 Å². The standard InChI is InChI=1S/C16H18N2O/c1-2-5-13(6-3-1)14-9-16(11-17-10-14)19-12-15-7-4-8-18-15/h1-3,5-6,9-11,15,18H,4,7-8,12H2/t15-/m1/s1. The van der Waals surface area contributed by atoms with E-state index in [1.165, 1.54) is 18.4 Å². The molecule has 1 aliphatic heterocycles. The summed E-state index contributed by atoms with van der Waals surface area (Å²) in [5.41, 5.74) is 2.26. The number of pyridine rings is 1. The van der Waals surface area contributed by atoms with Gasteiger partial charge >= 0.3 is 0 Å². The summed E-state index contributed by atoms with van der Waals surface area (Å²) in [7, 11) is 0. The Morgan fingerprint density at radius 1 is 1.16 bits per heavy atom. The van der Waals surface area contributed by atoms with Crippen LogP contribution in [-0.4, -0.2) is 24.2 Å². The molecule has 3 heteroatoms. The largest absolute Gasteiger partial charge is 0.490 e. The highest BCUT2D eigenvalue weighted by molar-refractivity contribution is 5.63. The minimum Gasteiger partial charge on any atom is -0.490 e. The third-order valence-electron chi connectivity index (χ3n) is 3.43. The van der Waals surface area contributed by atoms with E-state index in [9.17, 15) is 0 Å². The minimum atomic E-state index is 0.486.